The number of rotatable bonds is 5. The fourth-order valence-corrected chi connectivity index (χ4v) is 2.44. The average molecular weight is 263 g/mol. The summed E-state index contributed by atoms with van der Waals surface area (Å²) in [4.78, 5) is 2.25. The third-order valence-corrected chi connectivity index (χ3v) is 3.76. The van der Waals surface area contributed by atoms with Gasteiger partial charge in [-0.05, 0) is 56.0 Å². The van der Waals surface area contributed by atoms with Crippen LogP contribution >= 0.6 is 0 Å². The minimum atomic E-state index is 0.177. The van der Waals surface area contributed by atoms with Gasteiger partial charge < -0.3 is 10.0 Å². The number of nitrogens with zero attached hydrogens (tertiary/aromatic N) is 1. The molecule has 1 rings (SSSR count). The van der Waals surface area contributed by atoms with E-state index in [1.54, 1.807) is 0 Å². The van der Waals surface area contributed by atoms with E-state index in [2.05, 4.69) is 64.9 Å². The number of benzene rings is 1. The zero-order valence-corrected chi connectivity index (χ0v) is 13.3. The van der Waals surface area contributed by atoms with Crippen molar-refractivity contribution in [3.8, 4) is 0 Å². The molecule has 2 nitrogen and oxygen atoms in total. The molecular formula is C17H29NO. The Hall–Kier alpha value is -0.860. The third-order valence-electron chi connectivity index (χ3n) is 3.76. The van der Waals surface area contributed by atoms with E-state index < -0.39 is 0 Å². The Morgan fingerprint density at radius 2 is 1.84 bits per heavy atom. The largest absolute Gasteiger partial charge is 0.396 e. The molecule has 0 bridgehead atoms. The highest BCUT2D eigenvalue weighted by Gasteiger charge is 2.20. The summed E-state index contributed by atoms with van der Waals surface area (Å²) < 4.78 is 0. The normalized spacial score (nSPS) is 13.9. The minimum Gasteiger partial charge on any atom is -0.396 e. The summed E-state index contributed by atoms with van der Waals surface area (Å²) in [5, 5.41) is 9.08. The second kappa shape index (κ2) is 6.53. The van der Waals surface area contributed by atoms with E-state index in [4.69, 9.17) is 5.11 Å². The van der Waals surface area contributed by atoms with Crippen LogP contribution in [0, 0.1) is 6.92 Å². The summed E-state index contributed by atoms with van der Waals surface area (Å²) in [6.45, 7) is 9.19. The molecule has 1 atom stereocenters. The molecule has 1 aromatic rings. The molecule has 0 heterocycles. The Labute approximate surface area is 118 Å². The van der Waals surface area contributed by atoms with Crippen LogP contribution in [0.5, 0.6) is 0 Å². The van der Waals surface area contributed by atoms with Crippen molar-refractivity contribution in [3.63, 3.8) is 0 Å². The van der Waals surface area contributed by atoms with Crippen LogP contribution in [0.1, 0.15) is 56.3 Å². The van der Waals surface area contributed by atoms with Crippen LogP contribution in [0.3, 0.4) is 0 Å². The molecule has 0 saturated heterocycles. The van der Waals surface area contributed by atoms with Crippen LogP contribution in [0.2, 0.25) is 0 Å². The summed E-state index contributed by atoms with van der Waals surface area (Å²) in [6, 6.07) is 7.19. The quantitative estimate of drug-likeness (QED) is 0.876. The molecule has 0 amide bonds. The molecule has 0 spiro atoms. The van der Waals surface area contributed by atoms with Gasteiger partial charge in [-0.15, -0.1) is 0 Å². The van der Waals surface area contributed by atoms with Gasteiger partial charge in [-0.3, -0.25) is 0 Å². The van der Waals surface area contributed by atoms with E-state index in [0.29, 0.717) is 6.04 Å². The predicted octanol–water partition coefficient (Wildman–Crippen LogP) is 3.67. The van der Waals surface area contributed by atoms with E-state index in [9.17, 15) is 0 Å². The molecule has 1 aromatic carbocycles. The summed E-state index contributed by atoms with van der Waals surface area (Å²) in [6.07, 6.45) is 1.85. The van der Waals surface area contributed by atoms with Crippen molar-refractivity contribution in [2.24, 2.45) is 0 Å². The lowest BCUT2D eigenvalue weighted by Gasteiger charge is -2.28. The fourth-order valence-electron chi connectivity index (χ4n) is 2.44. The first kappa shape index (κ1) is 16.2. The van der Waals surface area contributed by atoms with Crippen LogP contribution in [-0.2, 0) is 5.41 Å². The van der Waals surface area contributed by atoms with Gasteiger partial charge >= 0.3 is 0 Å². The van der Waals surface area contributed by atoms with Crippen molar-refractivity contribution < 1.29 is 5.11 Å². The summed E-state index contributed by atoms with van der Waals surface area (Å²) >= 11 is 0. The first-order valence-corrected chi connectivity index (χ1v) is 7.15. The summed E-state index contributed by atoms with van der Waals surface area (Å²) in [7, 11) is 4.23. The van der Waals surface area contributed by atoms with E-state index >= 15 is 0 Å². The van der Waals surface area contributed by atoms with Gasteiger partial charge in [0.2, 0.25) is 0 Å². The first-order chi connectivity index (χ1) is 8.77. The molecule has 0 aliphatic carbocycles. The van der Waals surface area contributed by atoms with Crippen LogP contribution in [0.15, 0.2) is 18.2 Å². The van der Waals surface area contributed by atoms with Crippen molar-refractivity contribution >= 4 is 0 Å². The lowest BCUT2D eigenvalue weighted by molar-refractivity contribution is 0.235. The van der Waals surface area contributed by atoms with Crippen LogP contribution in [-0.4, -0.2) is 30.7 Å². The van der Waals surface area contributed by atoms with Gasteiger partial charge in [0.1, 0.15) is 0 Å². The number of aliphatic hydroxyl groups is 1. The summed E-state index contributed by atoms with van der Waals surface area (Å²) in [5.41, 5.74) is 4.29. The van der Waals surface area contributed by atoms with Gasteiger partial charge in [0.05, 0.1) is 0 Å². The fraction of sp³-hybridized carbons (Fsp3) is 0.647. The first-order valence-electron chi connectivity index (χ1n) is 7.15. The van der Waals surface area contributed by atoms with Gasteiger partial charge in [0, 0.05) is 12.6 Å². The van der Waals surface area contributed by atoms with Crippen LogP contribution in [0.4, 0.5) is 0 Å². The smallest absolute Gasteiger partial charge is 0.0431 e. The van der Waals surface area contributed by atoms with E-state index in [-0.39, 0.29) is 12.0 Å². The third kappa shape index (κ3) is 4.32. The molecule has 1 N–H and O–H groups in total. The van der Waals surface area contributed by atoms with Crippen LogP contribution in [0.25, 0.3) is 0 Å². The Kier molecular flexibility index (Phi) is 5.57. The van der Waals surface area contributed by atoms with Gasteiger partial charge in [-0.2, -0.15) is 0 Å². The Morgan fingerprint density at radius 3 is 2.32 bits per heavy atom. The van der Waals surface area contributed by atoms with Crippen molar-refractivity contribution in [1.82, 2.24) is 4.90 Å². The maximum absolute atomic E-state index is 9.08. The Bertz CT molecular complexity index is 404. The SMILES string of the molecule is Cc1ccc(C(C)(C)C)cc1C(CCCO)N(C)C. The summed E-state index contributed by atoms with van der Waals surface area (Å²) in [5.74, 6) is 0. The minimum absolute atomic E-state index is 0.177. The molecule has 0 saturated carbocycles. The molecule has 1 unspecified atom stereocenters. The zero-order chi connectivity index (χ0) is 14.6. The standard InChI is InChI=1S/C17H29NO/c1-13-9-10-14(17(2,3)4)12-15(13)16(18(5)6)8-7-11-19/h9-10,12,16,19H,7-8,11H2,1-6H3. The lowest BCUT2D eigenvalue weighted by Crippen LogP contribution is -2.22. The second-order valence-electron chi connectivity index (χ2n) is 6.67. The average Bonchev–Trinajstić information content (AvgIpc) is 2.29. The molecular weight excluding hydrogens is 234 g/mol. The number of aryl methyl sites for hydroxylation is 1. The molecule has 0 aromatic heterocycles. The van der Waals surface area contributed by atoms with E-state index in [1.165, 1.54) is 16.7 Å². The highest BCUT2D eigenvalue weighted by Crippen LogP contribution is 2.31. The Balaban J connectivity index is 3.14. The van der Waals surface area contributed by atoms with Gasteiger partial charge in [0.15, 0.2) is 0 Å². The van der Waals surface area contributed by atoms with E-state index in [0.717, 1.165) is 12.8 Å². The maximum atomic E-state index is 9.08. The van der Waals surface area contributed by atoms with Crippen molar-refractivity contribution in [1.29, 1.82) is 0 Å². The van der Waals surface area contributed by atoms with E-state index in [1.807, 2.05) is 0 Å². The molecule has 0 fully saturated rings. The molecule has 0 radical (unpaired) electrons. The second-order valence-corrected chi connectivity index (χ2v) is 6.67. The molecule has 108 valence electrons. The zero-order valence-electron chi connectivity index (χ0n) is 13.3. The van der Waals surface area contributed by atoms with Crippen LogP contribution < -0.4 is 0 Å². The van der Waals surface area contributed by atoms with Crippen molar-refractivity contribution in [2.75, 3.05) is 20.7 Å². The number of hydrogen-bond donors (Lipinski definition) is 1. The molecule has 19 heavy (non-hydrogen) atoms. The van der Waals surface area contributed by atoms with Gasteiger partial charge in [0.25, 0.3) is 0 Å². The number of hydrogen-bond acceptors (Lipinski definition) is 2. The highest BCUT2D eigenvalue weighted by molar-refractivity contribution is 5.36. The Morgan fingerprint density at radius 1 is 1.21 bits per heavy atom. The van der Waals surface area contributed by atoms with Gasteiger partial charge in [-0.25, -0.2) is 0 Å². The van der Waals surface area contributed by atoms with Gasteiger partial charge in [-0.1, -0.05) is 39.0 Å². The monoisotopic (exact) mass is 263 g/mol. The predicted molar refractivity (Wildman–Crippen MR) is 82.6 cm³/mol. The van der Waals surface area contributed by atoms with Crippen molar-refractivity contribution in [2.45, 2.75) is 52.0 Å². The molecule has 0 aliphatic rings. The molecule has 2 heteroatoms. The topological polar surface area (TPSA) is 23.5 Å². The number of aliphatic hydroxyl groups excluding tert-OH is 1. The maximum Gasteiger partial charge on any atom is 0.0431 e. The highest BCUT2D eigenvalue weighted by atomic mass is 16.2. The lowest BCUT2D eigenvalue weighted by atomic mass is 9.83. The molecule has 0 aliphatic heterocycles. The van der Waals surface area contributed by atoms with Crippen molar-refractivity contribution in [3.05, 3.63) is 34.9 Å².